The summed E-state index contributed by atoms with van der Waals surface area (Å²) in [6.07, 6.45) is 1.81. The van der Waals surface area contributed by atoms with E-state index >= 15 is 0 Å². The van der Waals surface area contributed by atoms with E-state index in [0.717, 1.165) is 19.4 Å². The lowest BCUT2D eigenvalue weighted by Gasteiger charge is -2.30. The Bertz CT molecular complexity index is 1100. The number of hydrogen-bond acceptors (Lipinski definition) is 7. The molecular formula is C25H29FN4O4. The third kappa shape index (κ3) is 5.91. The number of nitrogens with zero attached hydrogens (tertiary/aromatic N) is 3. The van der Waals surface area contributed by atoms with Crippen molar-refractivity contribution in [1.82, 2.24) is 15.0 Å². The summed E-state index contributed by atoms with van der Waals surface area (Å²) in [6.45, 7) is 6.52. The molecule has 1 amide bonds. The molecule has 2 aromatic carbocycles. The van der Waals surface area contributed by atoms with Gasteiger partial charge in [-0.3, -0.25) is 9.69 Å². The lowest BCUT2D eigenvalue weighted by Crippen LogP contribution is -2.39. The van der Waals surface area contributed by atoms with E-state index in [-0.39, 0.29) is 24.2 Å². The zero-order valence-corrected chi connectivity index (χ0v) is 19.4. The van der Waals surface area contributed by atoms with E-state index in [9.17, 15) is 9.18 Å². The van der Waals surface area contributed by atoms with Crippen LogP contribution in [0.25, 0.3) is 11.4 Å². The van der Waals surface area contributed by atoms with Gasteiger partial charge in [0.15, 0.2) is 0 Å². The lowest BCUT2D eigenvalue weighted by atomic mass is 9.98. The van der Waals surface area contributed by atoms with Crippen LogP contribution in [-0.2, 0) is 4.79 Å². The Labute approximate surface area is 198 Å². The summed E-state index contributed by atoms with van der Waals surface area (Å²) >= 11 is 0. The molecule has 1 aliphatic heterocycles. The van der Waals surface area contributed by atoms with Crippen LogP contribution in [0.15, 0.2) is 47.0 Å². The number of hydrogen-bond donors (Lipinski definition) is 1. The van der Waals surface area contributed by atoms with Crippen molar-refractivity contribution < 1.29 is 23.2 Å². The first-order valence-corrected chi connectivity index (χ1v) is 11.6. The second-order valence-corrected chi connectivity index (χ2v) is 8.11. The number of ether oxygens (including phenoxy) is 2. The fourth-order valence-electron chi connectivity index (χ4n) is 4.06. The maximum atomic E-state index is 13.2. The van der Waals surface area contributed by atoms with Crippen LogP contribution in [0.2, 0.25) is 0 Å². The van der Waals surface area contributed by atoms with Gasteiger partial charge in [0, 0.05) is 18.2 Å². The molecule has 180 valence electrons. The summed E-state index contributed by atoms with van der Waals surface area (Å²) in [5.41, 5.74) is 1.29. The number of rotatable bonds is 9. The van der Waals surface area contributed by atoms with E-state index < -0.39 is 0 Å². The van der Waals surface area contributed by atoms with Crippen LogP contribution in [0.4, 0.5) is 10.1 Å². The molecule has 4 rings (SSSR count). The third-order valence-corrected chi connectivity index (χ3v) is 5.60. The standard InChI is InChI=1S/C25H29FN4O4/c1-3-32-20-11-12-22(33-4-2)21(14-20)27-23(31)16-30-13-5-6-18(15-30)25-28-24(29-34-25)17-7-9-19(26)10-8-17/h7-12,14,18H,3-6,13,15-16H2,1-2H3,(H,27,31). The number of amides is 1. The van der Waals surface area contributed by atoms with Crippen LogP contribution in [0.5, 0.6) is 11.5 Å². The van der Waals surface area contributed by atoms with E-state index in [1.54, 1.807) is 24.3 Å². The van der Waals surface area contributed by atoms with E-state index in [0.29, 0.717) is 54.2 Å². The number of piperidine rings is 1. The molecule has 9 heteroatoms. The largest absolute Gasteiger partial charge is 0.494 e. The average molecular weight is 469 g/mol. The van der Waals surface area contributed by atoms with Gasteiger partial charge in [0.1, 0.15) is 17.3 Å². The van der Waals surface area contributed by atoms with Crippen molar-refractivity contribution in [3.8, 4) is 22.9 Å². The molecule has 0 aliphatic carbocycles. The molecule has 0 bridgehead atoms. The monoisotopic (exact) mass is 468 g/mol. The molecule has 1 saturated heterocycles. The molecule has 0 saturated carbocycles. The van der Waals surface area contributed by atoms with E-state index in [4.69, 9.17) is 14.0 Å². The van der Waals surface area contributed by atoms with Gasteiger partial charge in [-0.25, -0.2) is 4.39 Å². The second-order valence-electron chi connectivity index (χ2n) is 8.11. The van der Waals surface area contributed by atoms with Crippen molar-refractivity contribution in [2.24, 2.45) is 0 Å². The summed E-state index contributed by atoms with van der Waals surface area (Å²) in [7, 11) is 0. The van der Waals surface area contributed by atoms with Crippen molar-refractivity contribution in [3.05, 3.63) is 54.2 Å². The maximum Gasteiger partial charge on any atom is 0.238 e. The minimum atomic E-state index is -0.313. The van der Waals surface area contributed by atoms with Crippen molar-refractivity contribution in [2.75, 3.05) is 38.2 Å². The van der Waals surface area contributed by atoms with Gasteiger partial charge in [-0.2, -0.15) is 4.98 Å². The summed E-state index contributed by atoms with van der Waals surface area (Å²) in [4.78, 5) is 19.4. The predicted octanol–water partition coefficient (Wildman–Crippen LogP) is 4.49. The second kappa shape index (κ2) is 11.1. The molecule has 1 atom stereocenters. The number of likely N-dealkylation sites (tertiary alicyclic amines) is 1. The van der Waals surface area contributed by atoms with Crippen LogP contribution in [0, 0.1) is 5.82 Å². The highest BCUT2D eigenvalue weighted by molar-refractivity contribution is 5.94. The van der Waals surface area contributed by atoms with Crippen LogP contribution < -0.4 is 14.8 Å². The van der Waals surface area contributed by atoms with E-state index in [2.05, 4.69) is 20.4 Å². The highest BCUT2D eigenvalue weighted by atomic mass is 19.1. The first kappa shape index (κ1) is 23.7. The molecule has 0 radical (unpaired) electrons. The summed E-state index contributed by atoms with van der Waals surface area (Å²) in [5.74, 6) is 1.83. The van der Waals surface area contributed by atoms with Gasteiger partial charge in [-0.1, -0.05) is 5.16 Å². The molecule has 1 aromatic heterocycles. The number of anilines is 1. The van der Waals surface area contributed by atoms with Crippen LogP contribution in [0.3, 0.4) is 0 Å². The minimum Gasteiger partial charge on any atom is -0.494 e. The van der Waals surface area contributed by atoms with Gasteiger partial charge < -0.3 is 19.3 Å². The SMILES string of the molecule is CCOc1ccc(OCC)c(NC(=O)CN2CCCC(c3nc(-c4ccc(F)cc4)no3)C2)c1. The quantitative estimate of drug-likeness (QED) is 0.495. The predicted molar refractivity (Wildman–Crippen MR) is 126 cm³/mol. The Kier molecular flexibility index (Phi) is 7.74. The number of halogens is 1. The minimum absolute atomic E-state index is 0.0310. The Morgan fingerprint density at radius 3 is 2.74 bits per heavy atom. The van der Waals surface area contributed by atoms with Gasteiger partial charge in [-0.05, 0) is 69.6 Å². The molecule has 1 unspecified atom stereocenters. The van der Waals surface area contributed by atoms with Gasteiger partial charge in [0.05, 0.1) is 31.4 Å². The van der Waals surface area contributed by atoms with E-state index in [1.165, 1.54) is 12.1 Å². The number of benzene rings is 2. The first-order chi connectivity index (χ1) is 16.6. The normalized spacial score (nSPS) is 16.3. The van der Waals surface area contributed by atoms with Crippen molar-refractivity contribution >= 4 is 11.6 Å². The third-order valence-electron chi connectivity index (χ3n) is 5.60. The zero-order chi connectivity index (χ0) is 23.9. The number of nitrogens with one attached hydrogen (secondary N) is 1. The Morgan fingerprint density at radius 1 is 1.18 bits per heavy atom. The summed E-state index contributed by atoms with van der Waals surface area (Å²) < 4.78 is 29.9. The Hall–Kier alpha value is -3.46. The van der Waals surface area contributed by atoms with Crippen molar-refractivity contribution in [1.29, 1.82) is 0 Å². The summed E-state index contributed by atoms with van der Waals surface area (Å²) in [6, 6.07) is 11.4. The van der Waals surface area contributed by atoms with Crippen molar-refractivity contribution in [3.63, 3.8) is 0 Å². The molecule has 0 spiro atoms. The van der Waals surface area contributed by atoms with Gasteiger partial charge in [0.25, 0.3) is 0 Å². The van der Waals surface area contributed by atoms with Crippen molar-refractivity contribution in [2.45, 2.75) is 32.6 Å². The molecule has 1 aliphatic rings. The van der Waals surface area contributed by atoms with Gasteiger partial charge in [0.2, 0.25) is 17.6 Å². The van der Waals surface area contributed by atoms with Crippen LogP contribution in [-0.4, -0.2) is 53.8 Å². The van der Waals surface area contributed by atoms with Gasteiger partial charge in [-0.15, -0.1) is 0 Å². The molecule has 1 N–H and O–H groups in total. The molecule has 2 heterocycles. The molecule has 1 fully saturated rings. The van der Waals surface area contributed by atoms with Crippen LogP contribution >= 0.6 is 0 Å². The lowest BCUT2D eigenvalue weighted by molar-refractivity contribution is -0.117. The topological polar surface area (TPSA) is 89.7 Å². The Balaban J connectivity index is 1.38. The average Bonchev–Trinajstić information content (AvgIpc) is 3.32. The smallest absolute Gasteiger partial charge is 0.238 e. The first-order valence-electron chi connectivity index (χ1n) is 11.6. The fraction of sp³-hybridized carbons (Fsp3) is 0.400. The summed E-state index contributed by atoms with van der Waals surface area (Å²) in [5, 5.41) is 7.01. The molecule has 34 heavy (non-hydrogen) atoms. The highest BCUT2D eigenvalue weighted by Crippen LogP contribution is 2.30. The highest BCUT2D eigenvalue weighted by Gasteiger charge is 2.27. The Morgan fingerprint density at radius 2 is 1.97 bits per heavy atom. The molecular weight excluding hydrogens is 439 g/mol. The van der Waals surface area contributed by atoms with E-state index in [1.807, 2.05) is 19.9 Å². The number of aromatic nitrogens is 2. The van der Waals surface area contributed by atoms with Gasteiger partial charge >= 0.3 is 0 Å². The number of carbonyl (C=O) groups is 1. The molecule has 8 nitrogen and oxygen atoms in total. The molecule has 3 aromatic rings. The number of carbonyl (C=O) groups excluding carboxylic acids is 1. The fourth-order valence-corrected chi connectivity index (χ4v) is 4.06. The zero-order valence-electron chi connectivity index (χ0n) is 19.4. The maximum absolute atomic E-state index is 13.2. The van der Waals surface area contributed by atoms with Crippen LogP contribution in [0.1, 0.15) is 38.5 Å².